The normalized spacial score (nSPS) is 15.5. The molecule has 3 N–H and O–H groups in total. The molecule has 0 aliphatic carbocycles. The molecule has 0 unspecified atom stereocenters. The van der Waals surface area contributed by atoms with E-state index in [1.165, 1.54) is 17.7 Å². The number of anilines is 1. The molecule has 6 aromatic rings. The summed E-state index contributed by atoms with van der Waals surface area (Å²) in [5.74, 6) is 0.804. The van der Waals surface area contributed by atoms with Crippen LogP contribution in [0.4, 0.5) is 5.82 Å². The van der Waals surface area contributed by atoms with Crippen molar-refractivity contribution in [2.75, 3.05) is 31.9 Å². The Balaban J connectivity index is 1.00. The molecule has 3 aromatic heterocycles. The van der Waals surface area contributed by atoms with Crippen LogP contribution < -0.4 is 5.73 Å². The zero-order valence-corrected chi connectivity index (χ0v) is 26.2. The predicted octanol–water partition coefficient (Wildman–Crippen LogP) is 5.60. The average Bonchev–Trinajstić information content (AvgIpc) is 3.71. The van der Waals surface area contributed by atoms with E-state index in [1.807, 2.05) is 64.1 Å². The summed E-state index contributed by atoms with van der Waals surface area (Å²) >= 11 is 0. The number of aldehydes is 1. The van der Waals surface area contributed by atoms with Gasteiger partial charge in [0.1, 0.15) is 17.1 Å². The van der Waals surface area contributed by atoms with Crippen molar-refractivity contribution in [2.45, 2.75) is 13.0 Å². The fourth-order valence-electron chi connectivity index (χ4n) is 7.11. The summed E-state index contributed by atoms with van der Waals surface area (Å²) in [5, 5.41) is 10.0. The number of amides is 1. The molecule has 48 heavy (non-hydrogen) atoms. The summed E-state index contributed by atoms with van der Waals surface area (Å²) in [5.41, 5.74) is 13.2. The highest BCUT2D eigenvalue weighted by molar-refractivity contribution is 5.96. The first-order chi connectivity index (χ1) is 23.4. The number of nitrogens with two attached hydrogens (primary N) is 1. The van der Waals surface area contributed by atoms with E-state index >= 15 is 0 Å². The van der Waals surface area contributed by atoms with E-state index in [0.29, 0.717) is 36.6 Å². The molecule has 0 bridgehead atoms. The van der Waals surface area contributed by atoms with Gasteiger partial charge in [0.2, 0.25) is 0 Å². The van der Waals surface area contributed by atoms with Gasteiger partial charge in [-0.2, -0.15) is 0 Å². The summed E-state index contributed by atoms with van der Waals surface area (Å²) in [7, 11) is 0. The van der Waals surface area contributed by atoms with E-state index in [0.717, 1.165) is 59.7 Å². The Kier molecular flexibility index (Phi) is 7.22. The SMILES string of the molecule is Nc1ncccc1-c1nc2ccc(-c3ccccc3)nc2n1-c1ccc(CN2CC3(CCN(C(=O)c4ccc(C=O)c(O)c4)C3)C2)cc1. The number of pyridine rings is 2. The molecule has 1 spiro atoms. The van der Waals surface area contributed by atoms with Crippen LogP contribution >= 0.6 is 0 Å². The second kappa shape index (κ2) is 11.7. The minimum absolute atomic E-state index is 0.0801. The van der Waals surface area contributed by atoms with E-state index in [2.05, 4.69) is 34.1 Å². The number of aromatic nitrogens is 4. The number of phenols is 1. The van der Waals surface area contributed by atoms with Crippen LogP contribution in [-0.4, -0.2) is 72.8 Å². The van der Waals surface area contributed by atoms with Gasteiger partial charge in [0.15, 0.2) is 17.8 Å². The van der Waals surface area contributed by atoms with Crippen LogP contribution in [0.2, 0.25) is 0 Å². The highest BCUT2D eigenvalue weighted by atomic mass is 16.3. The Morgan fingerprint density at radius 1 is 0.917 bits per heavy atom. The van der Waals surface area contributed by atoms with Crippen LogP contribution in [0, 0.1) is 5.41 Å². The number of nitrogen functional groups attached to an aromatic ring is 1. The number of aromatic hydroxyl groups is 1. The van der Waals surface area contributed by atoms with E-state index in [1.54, 1.807) is 12.3 Å². The van der Waals surface area contributed by atoms with Gasteiger partial charge in [0.25, 0.3) is 5.91 Å². The van der Waals surface area contributed by atoms with Crippen LogP contribution in [0.15, 0.2) is 103 Å². The molecule has 0 atom stereocenters. The number of benzene rings is 3. The van der Waals surface area contributed by atoms with Crippen LogP contribution in [0.1, 0.15) is 32.7 Å². The van der Waals surface area contributed by atoms with Crippen LogP contribution in [-0.2, 0) is 6.54 Å². The van der Waals surface area contributed by atoms with Crippen molar-refractivity contribution in [1.29, 1.82) is 0 Å². The number of phenolic OH excluding ortho intramolecular Hbond substituents is 1. The maximum absolute atomic E-state index is 13.1. The van der Waals surface area contributed by atoms with Crippen LogP contribution in [0.3, 0.4) is 0 Å². The molecule has 1 amide bonds. The summed E-state index contributed by atoms with van der Waals surface area (Å²) in [4.78, 5) is 42.8. The first-order valence-corrected chi connectivity index (χ1v) is 15.9. The maximum Gasteiger partial charge on any atom is 0.254 e. The minimum Gasteiger partial charge on any atom is -0.507 e. The Morgan fingerprint density at radius 3 is 2.48 bits per heavy atom. The van der Waals surface area contributed by atoms with Gasteiger partial charge in [-0.1, -0.05) is 42.5 Å². The molecule has 0 saturated carbocycles. The van der Waals surface area contributed by atoms with Crippen molar-refractivity contribution in [3.05, 3.63) is 120 Å². The number of imidazole rings is 1. The molecule has 5 heterocycles. The largest absolute Gasteiger partial charge is 0.507 e. The van der Waals surface area contributed by atoms with E-state index in [9.17, 15) is 14.7 Å². The number of hydrogen-bond donors (Lipinski definition) is 2. The number of rotatable bonds is 7. The number of carbonyl (C=O) groups excluding carboxylic acids is 2. The maximum atomic E-state index is 13.1. The lowest BCUT2D eigenvalue weighted by atomic mass is 9.79. The molecule has 0 radical (unpaired) electrons. The predicted molar refractivity (Wildman–Crippen MR) is 184 cm³/mol. The first-order valence-electron chi connectivity index (χ1n) is 15.9. The molecule has 10 nitrogen and oxygen atoms in total. The minimum atomic E-state index is -0.169. The van der Waals surface area contributed by atoms with E-state index in [-0.39, 0.29) is 22.6 Å². The lowest BCUT2D eigenvalue weighted by molar-refractivity contribution is 0.00260. The van der Waals surface area contributed by atoms with Gasteiger partial charge in [-0.3, -0.25) is 19.1 Å². The standard InChI is InChI=1S/C38H33N7O3/c39-34-30(7-4-17-40-34)35-42-32-15-14-31(26-5-2-1-3-6-26)41-36(32)45(35)29-12-8-25(9-13-29)20-43-22-38(23-43)16-18-44(24-38)37(48)27-10-11-28(21-46)33(47)19-27/h1-15,17,19,21,47H,16,18,20,22-24H2,(H2,39,40). The molecule has 2 aliphatic heterocycles. The Morgan fingerprint density at radius 2 is 1.73 bits per heavy atom. The summed E-state index contributed by atoms with van der Waals surface area (Å²) in [6.45, 7) is 4.00. The average molecular weight is 636 g/mol. The zero-order chi connectivity index (χ0) is 32.8. The molecule has 238 valence electrons. The molecule has 2 aliphatic rings. The van der Waals surface area contributed by atoms with Crippen molar-refractivity contribution >= 4 is 29.2 Å². The molecule has 2 saturated heterocycles. The van der Waals surface area contributed by atoms with Crippen molar-refractivity contribution in [3.63, 3.8) is 0 Å². The van der Waals surface area contributed by atoms with Gasteiger partial charge in [-0.15, -0.1) is 0 Å². The topological polar surface area (TPSA) is 130 Å². The first kappa shape index (κ1) is 29.5. The van der Waals surface area contributed by atoms with Gasteiger partial charge in [0.05, 0.1) is 16.8 Å². The molecular formula is C38H33N7O3. The number of nitrogens with zero attached hydrogens (tertiary/aromatic N) is 6. The lowest BCUT2D eigenvalue weighted by Crippen LogP contribution is -2.57. The Labute approximate surface area is 277 Å². The lowest BCUT2D eigenvalue weighted by Gasteiger charge is -2.48. The summed E-state index contributed by atoms with van der Waals surface area (Å²) in [6, 6.07) is 30.8. The smallest absolute Gasteiger partial charge is 0.254 e. The van der Waals surface area contributed by atoms with Gasteiger partial charge < -0.3 is 15.7 Å². The van der Waals surface area contributed by atoms with E-state index < -0.39 is 0 Å². The number of fused-ring (bicyclic) bond motifs is 1. The highest BCUT2D eigenvalue weighted by Gasteiger charge is 2.48. The molecular weight excluding hydrogens is 602 g/mol. The summed E-state index contributed by atoms with van der Waals surface area (Å²) in [6.07, 6.45) is 3.20. The molecule has 3 aromatic carbocycles. The fourth-order valence-corrected chi connectivity index (χ4v) is 7.11. The monoisotopic (exact) mass is 635 g/mol. The van der Waals surface area contributed by atoms with Crippen molar-refractivity contribution < 1.29 is 14.7 Å². The number of hydrogen-bond acceptors (Lipinski definition) is 8. The molecule has 2 fully saturated rings. The Bertz CT molecular complexity index is 2170. The quantitative estimate of drug-likeness (QED) is 0.217. The van der Waals surface area contributed by atoms with Crippen molar-refractivity contribution in [2.24, 2.45) is 5.41 Å². The van der Waals surface area contributed by atoms with Crippen molar-refractivity contribution in [1.82, 2.24) is 29.3 Å². The Hall–Kier alpha value is -5.87. The van der Waals surface area contributed by atoms with Crippen molar-refractivity contribution in [3.8, 4) is 34.1 Å². The zero-order valence-electron chi connectivity index (χ0n) is 26.2. The summed E-state index contributed by atoms with van der Waals surface area (Å²) < 4.78 is 2.05. The second-order valence-electron chi connectivity index (χ2n) is 12.8. The van der Waals surface area contributed by atoms with Gasteiger partial charge in [-0.25, -0.2) is 15.0 Å². The number of likely N-dealkylation sites (tertiary alicyclic amines) is 2. The second-order valence-corrected chi connectivity index (χ2v) is 12.8. The van der Waals surface area contributed by atoms with E-state index in [4.69, 9.17) is 15.7 Å². The third kappa shape index (κ3) is 5.26. The fraction of sp³-hybridized carbons (Fsp3) is 0.184. The third-order valence-corrected chi connectivity index (χ3v) is 9.50. The number of carbonyl (C=O) groups is 2. The highest BCUT2D eigenvalue weighted by Crippen LogP contribution is 2.41. The van der Waals surface area contributed by atoms with Crippen LogP contribution in [0.5, 0.6) is 5.75 Å². The third-order valence-electron chi connectivity index (χ3n) is 9.50. The van der Waals surface area contributed by atoms with Gasteiger partial charge >= 0.3 is 0 Å². The molecule has 8 rings (SSSR count). The van der Waals surface area contributed by atoms with Gasteiger partial charge in [-0.05, 0) is 66.6 Å². The van der Waals surface area contributed by atoms with Crippen LogP contribution in [0.25, 0.3) is 39.5 Å². The molecule has 10 heteroatoms. The van der Waals surface area contributed by atoms with Gasteiger partial charge in [0, 0.05) is 61.1 Å².